The van der Waals surface area contributed by atoms with Crippen molar-refractivity contribution >= 4 is 16.9 Å². The summed E-state index contributed by atoms with van der Waals surface area (Å²) in [5, 5.41) is 0.764. The number of hydrogen-bond donors (Lipinski definition) is 0. The molecule has 0 aliphatic rings. The van der Waals surface area contributed by atoms with E-state index in [0.717, 1.165) is 27.6 Å². The van der Waals surface area contributed by atoms with Crippen molar-refractivity contribution in [3.63, 3.8) is 0 Å². The molecule has 5 aromatic rings. The first-order chi connectivity index (χ1) is 16.7. The molecule has 0 fully saturated rings. The largest absolute Gasteiger partial charge is 0.462 e. The van der Waals surface area contributed by atoms with E-state index in [4.69, 9.17) is 9.15 Å². The number of fused-ring (bicyclic) bond motifs is 1. The van der Waals surface area contributed by atoms with Gasteiger partial charge in [-0.2, -0.15) is 0 Å². The van der Waals surface area contributed by atoms with Gasteiger partial charge in [0.25, 0.3) is 0 Å². The van der Waals surface area contributed by atoms with E-state index in [2.05, 4.69) is 84.9 Å². The van der Waals surface area contributed by atoms with Gasteiger partial charge in [-0.15, -0.1) is 0 Å². The third-order valence-corrected chi connectivity index (χ3v) is 6.40. The molecule has 0 spiro atoms. The Morgan fingerprint density at radius 1 is 0.735 bits per heavy atom. The van der Waals surface area contributed by atoms with E-state index in [9.17, 15) is 4.79 Å². The van der Waals surface area contributed by atoms with Crippen molar-refractivity contribution in [2.45, 2.75) is 19.3 Å². The van der Waals surface area contributed by atoms with Crippen molar-refractivity contribution in [2.24, 2.45) is 0 Å². The number of carbonyl (C=O) groups excluding carboxylic acids is 1. The van der Waals surface area contributed by atoms with Crippen LogP contribution in [-0.2, 0) is 10.2 Å². The summed E-state index contributed by atoms with van der Waals surface area (Å²) in [7, 11) is 0. The molecule has 1 heterocycles. The fourth-order valence-corrected chi connectivity index (χ4v) is 4.97. The quantitative estimate of drug-likeness (QED) is 0.203. The number of ether oxygens (including phenoxy) is 1. The summed E-state index contributed by atoms with van der Waals surface area (Å²) in [5.74, 6) is 0.205. The summed E-state index contributed by atoms with van der Waals surface area (Å²) in [6.07, 6.45) is 0. The summed E-state index contributed by atoms with van der Waals surface area (Å²) < 4.78 is 11.3. The Morgan fingerprint density at radius 2 is 1.24 bits per heavy atom. The molecular formula is C31H26O3. The normalized spacial score (nSPS) is 11.5. The van der Waals surface area contributed by atoms with Crippen molar-refractivity contribution in [3.8, 4) is 0 Å². The van der Waals surface area contributed by atoms with E-state index in [-0.39, 0.29) is 5.97 Å². The highest BCUT2D eigenvalue weighted by atomic mass is 16.5. The van der Waals surface area contributed by atoms with Gasteiger partial charge < -0.3 is 9.15 Å². The van der Waals surface area contributed by atoms with Gasteiger partial charge in [-0.3, -0.25) is 0 Å². The van der Waals surface area contributed by atoms with Crippen LogP contribution in [0.5, 0.6) is 0 Å². The molecular weight excluding hydrogens is 420 g/mol. The van der Waals surface area contributed by atoms with Gasteiger partial charge in [0.1, 0.15) is 16.9 Å². The van der Waals surface area contributed by atoms with Crippen LogP contribution in [0.15, 0.2) is 114 Å². The van der Waals surface area contributed by atoms with Crippen LogP contribution in [0.25, 0.3) is 11.0 Å². The highest BCUT2D eigenvalue weighted by Crippen LogP contribution is 2.46. The third kappa shape index (κ3) is 3.50. The number of benzene rings is 4. The molecule has 0 amide bonds. The van der Waals surface area contributed by atoms with Crippen LogP contribution in [0.1, 0.15) is 45.3 Å². The van der Waals surface area contributed by atoms with E-state index in [1.54, 1.807) is 0 Å². The lowest BCUT2D eigenvalue weighted by atomic mass is 9.65. The lowest BCUT2D eigenvalue weighted by Crippen LogP contribution is -2.31. The van der Waals surface area contributed by atoms with Crippen molar-refractivity contribution in [3.05, 3.63) is 143 Å². The molecule has 0 unspecified atom stereocenters. The molecule has 0 N–H and O–H groups in total. The van der Waals surface area contributed by atoms with Crippen LogP contribution >= 0.6 is 0 Å². The molecule has 0 aliphatic carbocycles. The minimum Gasteiger partial charge on any atom is -0.462 e. The van der Waals surface area contributed by atoms with Gasteiger partial charge in [-0.25, -0.2) is 4.79 Å². The Labute approximate surface area is 199 Å². The number of aryl methyl sites for hydroxylation is 1. The molecule has 0 bridgehead atoms. The second-order valence-electron chi connectivity index (χ2n) is 8.31. The number of esters is 1. The van der Waals surface area contributed by atoms with Crippen molar-refractivity contribution in [2.75, 3.05) is 6.61 Å². The molecule has 3 nitrogen and oxygen atoms in total. The summed E-state index contributed by atoms with van der Waals surface area (Å²) in [5.41, 5.74) is 5.05. The average molecular weight is 447 g/mol. The first-order valence-corrected chi connectivity index (χ1v) is 11.5. The van der Waals surface area contributed by atoms with Crippen LogP contribution < -0.4 is 0 Å². The molecule has 0 radical (unpaired) electrons. The van der Waals surface area contributed by atoms with Crippen molar-refractivity contribution in [1.29, 1.82) is 0 Å². The second-order valence-corrected chi connectivity index (χ2v) is 8.31. The van der Waals surface area contributed by atoms with Crippen LogP contribution in [0.2, 0.25) is 0 Å². The van der Waals surface area contributed by atoms with E-state index >= 15 is 0 Å². The fraction of sp³-hybridized carbons (Fsp3) is 0.129. The Hall–Kier alpha value is -4.11. The molecule has 34 heavy (non-hydrogen) atoms. The molecule has 0 aliphatic heterocycles. The molecule has 5 rings (SSSR count). The van der Waals surface area contributed by atoms with Crippen LogP contribution in [0.4, 0.5) is 0 Å². The zero-order valence-electron chi connectivity index (χ0n) is 19.3. The standard InChI is InChI=1S/C31H26O3/c1-3-33-30(32)29-22(2)34-28-20-19-26(21-27(28)29)31(23-13-7-4-8-14-23,24-15-9-5-10-16-24)25-17-11-6-12-18-25/h4-21H,3H2,1-2H3. The third-order valence-electron chi connectivity index (χ3n) is 6.40. The van der Waals surface area contributed by atoms with Gasteiger partial charge >= 0.3 is 5.97 Å². The fourth-order valence-electron chi connectivity index (χ4n) is 4.97. The minimum absolute atomic E-state index is 0.312. The van der Waals surface area contributed by atoms with Gasteiger partial charge in [0.2, 0.25) is 0 Å². The predicted molar refractivity (Wildman–Crippen MR) is 135 cm³/mol. The van der Waals surface area contributed by atoms with Crippen molar-refractivity contribution in [1.82, 2.24) is 0 Å². The van der Waals surface area contributed by atoms with Gasteiger partial charge in [0.15, 0.2) is 0 Å². The number of rotatable bonds is 6. The van der Waals surface area contributed by atoms with Gasteiger partial charge in [0.05, 0.1) is 12.0 Å². The van der Waals surface area contributed by atoms with E-state index in [1.807, 2.05) is 38.1 Å². The maximum absolute atomic E-state index is 12.8. The molecule has 1 aromatic heterocycles. The first kappa shape index (κ1) is 21.7. The number of carbonyl (C=O) groups is 1. The maximum atomic E-state index is 12.8. The van der Waals surface area contributed by atoms with Crippen LogP contribution in [0.3, 0.4) is 0 Å². The van der Waals surface area contributed by atoms with E-state index < -0.39 is 5.41 Å². The molecule has 0 saturated heterocycles. The highest BCUT2D eigenvalue weighted by Gasteiger charge is 2.38. The smallest absolute Gasteiger partial charge is 0.342 e. The second kappa shape index (κ2) is 9.03. The summed E-state index contributed by atoms with van der Waals surface area (Å²) >= 11 is 0. The molecule has 0 atom stereocenters. The number of hydrogen-bond acceptors (Lipinski definition) is 3. The monoisotopic (exact) mass is 446 g/mol. The first-order valence-electron chi connectivity index (χ1n) is 11.5. The number of furan rings is 1. The molecule has 0 saturated carbocycles. The molecule has 3 heteroatoms. The van der Waals surface area contributed by atoms with Gasteiger partial charge in [0, 0.05) is 5.39 Å². The lowest BCUT2D eigenvalue weighted by Gasteiger charge is -2.36. The lowest BCUT2D eigenvalue weighted by molar-refractivity contribution is 0.0526. The van der Waals surface area contributed by atoms with Crippen LogP contribution in [-0.4, -0.2) is 12.6 Å². The summed E-state index contributed by atoms with van der Waals surface area (Å²) in [6.45, 7) is 3.93. The topological polar surface area (TPSA) is 39.4 Å². The van der Waals surface area contributed by atoms with Crippen molar-refractivity contribution < 1.29 is 13.9 Å². The Morgan fingerprint density at radius 3 is 1.71 bits per heavy atom. The molecule has 4 aromatic carbocycles. The maximum Gasteiger partial charge on any atom is 0.342 e. The van der Waals surface area contributed by atoms with E-state index in [0.29, 0.717) is 23.5 Å². The zero-order chi connectivity index (χ0) is 23.5. The zero-order valence-corrected chi connectivity index (χ0v) is 19.3. The predicted octanol–water partition coefficient (Wildman–Crippen LogP) is 7.30. The van der Waals surface area contributed by atoms with Gasteiger partial charge in [-0.1, -0.05) is 97.1 Å². The highest BCUT2D eigenvalue weighted by molar-refractivity contribution is 6.04. The molecule has 168 valence electrons. The Kier molecular flexibility index (Phi) is 5.77. The summed E-state index contributed by atoms with van der Waals surface area (Å²) in [4.78, 5) is 12.8. The SMILES string of the molecule is CCOC(=O)c1c(C)oc2ccc(C(c3ccccc3)(c3ccccc3)c3ccccc3)cc12. The Bertz CT molecular complexity index is 1320. The summed E-state index contributed by atoms with van der Waals surface area (Å²) in [6, 6.07) is 37.7. The van der Waals surface area contributed by atoms with E-state index in [1.165, 1.54) is 0 Å². The van der Waals surface area contributed by atoms with Gasteiger partial charge in [-0.05, 0) is 48.2 Å². The Balaban J connectivity index is 1.88. The van der Waals surface area contributed by atoms with Crippen LogP contribution in [0, 0.1) is 6.92 Å². The average Bonchev–Trinajstić information content (AvgIpc) is 3.22. The minimum atomic E-state index is -0.588.